The lowest BCUT2D eigenvalue weighted by atomic mass is 10.1. The molecule has 9 heteroatoms. The van der Waals surface area contributed by atoms with E-state index >= 15 is 0 Å². The first-order valence-corrected chi connectivity index (χ1v) is 7.21. The van der Waals surface area contributed by atoms with Crippen molar-refractivity contribution in [1.29, 1.82) is 0 Å². The molecule has 0 spiro atoms. The summed E-state index contributed by atoms with van der Waals surface area (Å²) in [5.74, 6) is -2.42. The third kappa shape index (κ3) is 12.2. The molecule has 0 bridgehead atoms. The minimum Gasteiger partial charge on any atom is -0.480 e. The first-order valence-electron chi connectivity index (χ1n) is 7.21. The van der Waals surface area contributed by atoms with Gasteiger partial charge in [-0.05, 0) is 19.8 Å². The lowest BCUT2D eigenvalue weighted by molar-refractivity contribution is -0.143. The van der Waals surface area contributed by atoms with E-state index in [0.717, 1.165) is 0 Å². The average molecular weight is 332 g/mol. The summed E-state index contributed by atoms with van der Waals surface area (Å²) in [5, 5.41) is 13.8. The van der Waals surface area contributed by atoms with Gasteiger partial charge in [-0.3, -0.25) is 9.59 Å². The lowest BCUT2D eigenvalue weighted by Crippen LogP contribution is -2.43. The average Bonchev–Trinajstić information content (AvgIpc) is 2.47. The molecule has 0 unspecified atom stereocenters. The minimum absolute atomic E-state index is 0.0103. The van der Waals surface area contributed by atoms with Gasteiger partial charge in [0.05, 0.1) is 0 Å². The molecular formula is C14H24N2O7. The van der Waals surface area contributed by atoms with Crippen LogP contribution in [0.3, 0.4) is 0 Å². The first-order chi connectivity index (χ1) is 10.9. The molecule has 0 aliphatic rings. The Kier molecular flexibility index (Phi) is 11.4. The molecule has 2 amide bonds. The minimum atomic E-state index is -1.23. The second-order valence-electron chi connectivity index (χ2n) is 4.89. The summed E-state index contributed by atoms with van der Waals surface area (Å²) < 4.78 is 9.73. The highest BCUT2D eigenvalue weighted by molar-refractivity contribution is 5.85. The molecule has 0 fully saturated rings. The maximum absolute atomic E-state index is 11.6. The Morgan fingerprint density at radius 1 is 1.13 bits per heavy atom. The summed E-state index contributed by atoms with van der Waals surface area (Å²) >= 11 is 0. The molecule has 9 nitrogen and oxygen atoms in total. The lowest BCUT2D eigenvalue weighted by Gasteiger charge is -2.13. The monoisotopic (exact) mass is 332 g/mol. The quantitative estimate of drug-likeness (QED) is 0.372. The van der Waals surface area contributed by atoms with Crippen molar-refractivity contribution < 1.29 is 33.8 Å². The molecule has 3 N–H and O–H groups in total. The Morgan fingerprint density at radius 3 is 2.35 bits per heavy atom. The predicted molar refractivity (Wildman–Crippen MR) is 79.8 cm³/mol. The van der Waals surface area contributed by atoms with Crippen LogP contribution in [0.25, 0.3) is 0 Å². The van der Waals surface area contributed by atoms with Crippen molar-refractivity contribution in [2.24, 2.45) is 0 Å². The van der Waals surface area contributed by atoms with Crippen LogP contribution < -0.4 is 10.6 Å². The number of ketones is 1. The maximum Gasteiger partial charge on any atom is 0.326 e. The van der Waals surface area contributed by atoms with E-state index in [0.29, 0.717) is 19.6 Å². The third-order valence-corrected chi connectivity index (χ3v) is 2.73. The van der Waals surface area contributed by atoms with Gasteiger partial charge in [0.2, 0.25) is 11.8 Å². The van der Waals surface area contributed by atoms with E-state index in [1.54, 1.807) is 7.11 Å². The van der Waals surface area contributed by atoms with E-state index < -0.39 is 24.5 Å². The number of Topliss-reactive ketones (excluding diaryl/α,β-unsaturated/α-hetero) is 1. The van der Waals surface area contributed by atoms with Crippen LogP contribution in [-0.2, 0) is 28.7 Å². The Bertz CT molecular complexity index is 412. The summed E-state index contributed by atoms with van der Waals surface area (Å²) in [5.41, 5.74) is 0. The normalized spacial score (nSPS) is 11.6. The number of ether oxygens (including phenoxy) is 2. The number of methoxy groups -OCH3 is 1. The molecule has 0 heterocycles. The van der Waals surface area contributed by atoms with Crippen LogP contribution in [-0.4, -0.2) is 68.2 Å². The van der Waals surface area contributed by atoms with Crippen LogP contribution in [0.15, 0.2) is 0 Å². The van der Waals surface area contributed by atoms with E-state index in [-0.39, 0.29) is 31.1 Å². The fourth-order valence-corrected chi connectivity index (χ4v) is 1.57. The maximum atomic E-state index is 11.6. The number of carboxylic acids is 1. The fraction of sp³-hybridized carbons (Fsp3) is 0.714. The Labute approximate surface area is 134 Å². The molecule has 0 aromatic rings. The zero-order valence-electron chi connectivity index (χ0n) is 13.4. The summed E-state index contributed by atoms with van der Waals surface area (Å²) in [6, 6.07) is -1.15. The van der Waals surface area contributed by atoms with E-state index in [1.807, 2.05) is 0 Å². The topological polar surface area (TPSA) is 131 Å². The van der Waals surface area contributed by atoms with Crippen molar-refractivity contribution in [2.75, 3.05) is 33.5 Å². The number of carbonyl (C=O) groups excluding carboxylic acids is 3. The molecule has 0 aliphatic heterocycles. The van der Waals surface area contributed by atoms with Crippen molar-refractivity contribution in [1.82, 2.24) is 10.6 Å². The van der Waals surface area contributed by atoms with E-state index in [2.05, 4.69) is 10.6 Å². The Hall–Kier alpha value is -2.00. The van der Waals surface area contributed by atoms with Crippen molar-refractivity contribution in [2.45, 2.75) is 32.2 Å². The molecule has 23 heavy (non-hydrogen) atoms. The van der Waals surface area contributed by atoms with Crippen molar-refractivity contribution >= 4 is 23.6 Å². The van der Waals surface area contributed by atoms with Crippen LogP contribution in [0.2, 0.25) is 0 Å². The molecule has 0 rings (SSSR count). The number of carbonyl (C=O) groups is 4. The van der Waals surface area contributed by atoms with Gasteiger partial charge in [-0.25, -0.2) is 4.79 Å². The standard InChI is InChI=1S/C14H24N2O7/c1-10(17)4-5-11(14(20)21)16-13(19)9-23-8-12(18)15-6-3-7-22-2/h11H,3-9H2,1-2H3,(H,15,18)(H,16,19)(H,20,21)/t11-/m0/s1. The molecule has 132 valence electrons. The molecular weight excluding hydrogens is 308 g/mol. The van der Waals surface area contributed by atoms with Crippen LogP contribution in [0.4, 0.5) is 0 Å². The van der Waals surface area contributed by atoms with Gasteiger partial charge in [0.15, 0.2) is 0 Å². The SMILES string of the molecule is COCCCNC(=O)COCC(=O)N[C@@H](CCC(C)=O)C(=O)O. The van der Waals surface area contributed by atoms with Gasteiger partial charge in [-0.15, -0.1) is 0 Å². The largest absolute Gasteiger partial charge is 0.480 e. The molecule has 0 aromatic carbocycles. The zero-order chi connectivity index (χ0) is 17.7. The van der Waals surface area contributed by atoms with Crippen molar-refractivity contribution in [3.05, 3.63) is 0 Å². The van der Waals surface area contributed by atoms with Gasteiger partial charge in [0.1, 0.15) is 25.0 Å². The molecule has 0 saturated heterocycles. The van der Waals surface area contributed by atoms with E-state index in [1.165, 1.54) is 6.92 Å². The number of nitrogens with one attached hydrogen (secondary N) is 2. The summed E-state index contributed by atoms with van der Waals surface area (Å²) in [6.45, 7) is 1.57. The van der Waals surface area contributed by atoms with Crippen LogP contribution in [0.1, 0.15) is 26.2 Å². The highest BCUT2D eigenvalue weighted by atomic mass is 16.5. The molecule has 0 aromatic heterocycles. The Morgan fingerprint density at radius 2 is 1.78 bits per heavy atom. The highest BCUT2D eigenvalue weighted by Gasteiger charge is 2.20. The predicted octanol–water partition coefficient (Wildman–Crippen LogP) is -0.906. The number of rotatable bonds is 13. The van der Waals surface area contributed by atoms with Crippen molar-refractivity contribution in [3.8, 4) is 0 Å². The summed E-state index contributed by atoms with van der Waals surface area (Å²) in [4.78, 5) is 44.7. The molecule has 0 saturated carbocycles. The van der Waals surface area contributed by atoms with Gasteiger partial charge in [-0.1, -0.05) is 0 Å². The zero-order valence-corrected chi connectivity index (χ0v) is 13.4. The van der Waals surface area contributed by atoms with E-state index in [9.17, 15) is 19.2 Å². The van der Waals surface area contributed by atoms with Gasteiger partial charge in [0.25, 0.3) is 0 Å². The van der Waals surface area contributed by atoms with Crippen LogP contribution in [0, 0.1) is 0 Å². The first kappa shape index (κ1) is 21.0. The number of amides is 2. The number of carboxylic acid groups (broad SMARTS) is 1. The molecule has 0 aliphatic carbocycles. The number of hydrogen-bond donors (Lipinski definition) is 3. The van der Waals surface area contributed by atoms with E-state index in [4.69, 9.17) is 14.6 Å². The fourth-order valence-electron chi connectivity index (χ4n) is 1.57. The van der Waals surface area contributed by atoms with Gasteiger partial charge < -0.3 is 30.0 Å². The smallest absolute Gasteiger partial charge is 0.326 e. The van der Waals surface area contributed by atoms with Gasteiger partial charge in [0, 0.05) is 26.7 Å². The summed E-state index contributed by atoms with van der Waals surface area (Å²) in [7, 11) is 1.56. The van der Waals surface area contributed by atoms with Gasteiger partial charge >= 0.3 is 5.97 Å². The highest BCUT2D eigenvalue weighted by Crippen LogP contribution is 1.99. The van der Waals surface area contributed by atoms with Crippen molar-refractivity contribution in [3.63, 3.8) is 0 Å². The molecule has 1 atom stereocenters. The van der Waals surface area contributed by atoms with Crippen LogP contribution >= 0.6 is 0 Å². The molecule has 0 radical (unpaired) electrons. The van der Waals surface area contributed by atoms with Gasteiger partial charge in [-0.2, -0.15) is 0 Å². The summed E-state index contributed by atoms with van der Waals surface area (Å²) in [6.07, 6.45) is 0.734. The second kappa shape index (κ2) is 12.5. The number of aliphatic carboxylic acids is 1. The third-order valence-electron chi connectivity index (χ3n) is 2.73. The number of hydrogen-bond acceptors (Lipinski definition) is 6. The second-order valence-corrected chi connectivity index (χ2v) is 4.89. The van der Waals surface area contributed by atoms with Crippen LogP contribution in [0.5, 0.6) is 0 Å². The Balaban J connectivity index is 3.92.